The van der Waals surface area contributed by atoms with Gasteiger partial charge in [0.2, 0.25) is 0 Å². The molecule has 0 bridgehead atoms. The Labute approximate surface area is 89.9 Å². The van der Waals surface area contributed by atoms with Gasteiger partial charge in [-0.15, -0.1) is 11.3 Å². The molecule has 2 nitrogen and oxygen atoms in total. The minimum Gasteiger partial charge on any atom is -0.307 e. The highest BCUT2D eigenvalue weighted by atomic mass is 32.1. The Hall–Kier alpha value is -0.380. The van der Waals surface area contributed by atoms with Gasteiger partial charge in [0.1, 0.15) is 0 Å². The summed E-state index contributed by atoms with van der Waals surface area (Å²) in [7, 11) is 0. The molecule has 0 aliphatic carbocycles. The summed E-state index contributed by atoms with van der Waals surface area (Å²) in [5, 5.41) is 5.73. The first kappa shape index (κ1) is 10.1. The van der Waals surface area contributed by atoms with Gasteiger partial charge in [-0.1, -0.05) is 6.07 Å². The summed E-state index contributed by atoms with van der Waals surface area (Å²) in [6, 6.07) is 5.58. The van der Waals surface area contributed by atoms with Crippen molar-refractivity contribution in [3.63, 3.8) is 0 Å². The van der Waals surface area contributed by atoms with E-state index >= 15 is 0 Å². The van der Waals surface area contributed by atoms with E-state index in [1.54, 1.807) is 0 Å². The van der Waals surface area contributed by atoms with Gasteiger partial charge in [0, 0.05) is 30.6 Å². The van der Waals surface area contributed by atoms with Crippen LogP contribution in [0.5, 0.6) is 0 Å². The summed E-state index contributed by atoms with van der Waals surface area (Å²) >= 11 is 1.85. The molecule has 2 heterocycles. The van der Waals surface area contributed by atoms with E-state index in [1.165, 1.54) is 11.4 Å². The monoisotopic (exact) mass is 210 g/mol. The summed E-state index contributed by atoms with van der Waals surface area (Å²) < 4.78 is 0. The fourth-order valence-corrected chi connectivity index (χ4v) is 2.72. The Bertz CT molecular complexity index is 269. The lowest BCUT2D eigenvalue weighted by atomic mass is 10.1. The maximum atomic E-state index is 3.58. The van der Waals surface area contributed by atoms with E-state index < -0.39 is 0 Å². The first-order valence-electron chi connectivity index (χ1n) is 5.28. The van der Waals surface area contributed by atoms with Gasteiger partial charge in [-0.25, -0.2) is 0 Å². The molecular formula is C11H18N2S. The molecule has 0 spiro atoms. The van der Waals surface area contributed by atoms with Crippen LogP contribution in [0.2, 0.25) is 0 Å². The van der Waals surface area contributed by atoms with Crippen LogP contribution in [0.25, 0.3) is 0 Å². The van der Waals surface area contributed by atoms with Crippen molar-refractivity contribution in [3.05, 3.63) is 22.4 Å². The van der Waals surface area contributed by atoms with E-state index in [1.807, 2.05) is 11.3 Å². The summed E-state index contributed by atoms with van der Waals surface area (Å²) in [6.45, 7) is 7.99. The molecule has 1 N–H and O–H groups in total. The number of thiophene rings is 1. The van der Waals surface area contributed by atoms with Crippen molar-refractivity contribution < 1.29 is 0 Å². The average molecular weight is 210 g/mol. The lowest BCUT2D eigenvalue weighted by molar-refractivity contribution is 0.163. The van der Waals surface area contributed by atoms with Crippen LogP contribution in [-0.2, 0) is 0 Å². The summed E-state index contributed by atoms with van der Waals surface area (Å²) in [5.74, 6) is 0. The molecule has 1 saturated heterocycles. The third-order valence-corrected chi connectivity index (χ3v) is 3.81. The van der Waals surface area contributed by atoms with Crippen LogP contribution in [0.4, 0.5) is 0 Å². The highest BCUT2D eigenvalue weighted by Crippen LogP contribution is 2.22. The molecule has 0 saturated carbocycles. The summed E-state index contributed by atoms with van der Waals surface area (Å²) in [5.41, 5.74) is 0. The van der Waals surface area contributed by atoms with E-state index in [4.69, 9.17) is 0 Å². The second-order valence-corrected chi connectivity index (χ2v) is 5.09. The van der Waals surface area contributed by atoms with Gasteiger partial charge in [0.25, 0.3) is 0 Å². The standard InChI is InChI=1S/C11H18N2S/c1-9(2)13-6-5-12-10(8-13)11-4-3-7-14-11/h3-4,7,9-10,12H,5-6,8H2,1-2H3. The SMILES string of the molecule is CC(C)N1CCNC(c2cccs2)C1. The normalized spacial score (nSPS) is 24.4. The first-order valence-corrected chi connectivity index (χ1v) is 6.16. The van der Waals surface area contributed by atoms with E-state index in [9.17, 15) is 0 Å². The zero-order valence-corrected chi connectivity index (χ0v) is 9.68. The second-order valence-electron chi connectivity index (χ2n) is 4.11. The fourth-order valence-electron chi connectivity index (χ4n) is 1.92. The van der Waals surface area contributed by atoms with Gasteiger partial charge in [-0.2, -0.15) is 0 Å². The summed E-state index contributed by atoms with van der Waals surface area (Å²) in [4.78, 5) is 4.01. The molecule has 14 heavy (non-hydrogen) atoms. The lowest BCUT2D eigenvalue weighted by Gasteiger charge is -2.35. The van der Waals surface area contributed by atoms with Crippen molar-refractivity contribution in [2.24, 2.45) is 0 Å². The highest BCUT2D eigenvalue weighted by molar-refractivity contribution is 7.10. The Morgan fingerprint density at radius 2 is 2.43 bits per heavy atom. The van der Waals surface area contributed by atoms with E-state index in [0.717, 1.165) is 13.1 Å². The highest BCUT2D eigenvalue weighted by Gasteiger charge is 2.22. The number of rotatable bonds is 2. The molecule has 1 aliphatic rings. The summed E-state index contributed by atoms with van der Waals surface area (Å²) in [6.07, 6.45) is 0. The number of hydrogen-bond donors (Lipinski definition) is 1. The third kappa shape index (κ3) is 2.16. The maximum Gasteiger partial charge on any atom is 0.0544 e. The number of piperazine rings is 1. The molecule has 1 aromatic heterocycles. The zero-order chi connectivity index (χ0) is 9.97. The second kappa shape index (κ2) is 4.43. The van der Waals surface area contributed by atoms with Crippen molar-refractivity contribution in [3.8, 4) is 0 Å². The Morgan fingerprint density at radius 1 is 1.57 bits per heavy atom. The zero-order valence-electron chi connectivity index (χ0n) is 8.86. The van der Waals surface area contributed by atoms with Crippen molar-refractivity contribution in [1.82, 2.24) is 10.2 Å². The largest absolute Gasteiger partial charge is 0.307 e. The molecule has 1 fully saturated rings. The quantitative estimate of drug-likeness (QED) is 0.804. The maximum absolute atomic E-state index is 3.58. The fraction of sp³-hybridized carbons (Fsp3) is 0.636. The van der Waals surface area contributed by atoms with E-state index in [2.05, 4.69) is 41.6 Å². The topological polar surface area (TPSA) is 15.3 Å². The van der Waals surface area contributed by atoms with Gasteiger partial charge in [0.15, 0.2) is 0 Å². The third-order valence-electron chi connectivity index (χ3n) is 2.82. The van der Waals surface area contributed by atoms with E-state index in [-0.39, 0.29) is 0 Å². The predicted molar refractivity (Wildman–Crippen MR) is 61.8 cm³/mol. The Balaban J connectivity index is 2.01. The molecule has 78 valence electrons. The predicted octanol–water partition coefficient (Wildman–Crippen LogP) is 2.10. The van der Waals surface area contributed by atoms with Crippen LogP contribution >= 0.6 is 11.3 Å². The van der Waals surface area contributed by atoms with Crippen LogP contribution in [0, 0.1) is 0 Å². The van der Waals surface area contributed by atoms with Gasteiger partial charge in [-0.05, 0) is 25.3 Å². The number of nitrogens with zero attached hydrogens (tertiary/aromatic N) is 1. The minimum absolute atomic E-state index is 0.547. The minimum atomic E-state index is 0.547. The van der Waals surface area contributed by atoms with Crippen molar-refractivity contribution in [2.75, 3.05) is 19.6 Å². The molecule has 0 amide bonds. The van der Waals surface area contributed by atoms with Crippen molar-refractivity contribution in [2.45, 2.75) is 25.9 Å². The molecule has 0 aromatic carbocycles. The van der Waals surface area contributed by atoms with Crippen LogP contribution in [-0.4, -0.2) is 30.6 Å². The number of nitrogens with one attached hydrogen (secondary N) is 1. The number of hydrogen-bond acceptors (Lipinski definition) is 3. The van der Waals surface area contributed by atoms with Crippen molar-refractivity contribution >= 4 is 11.3 Å². The van der Waals surface area contributed by atoms with Gasteiger partial charge < -0.3 is 5.32 Å². The van der Waals surface area contributed by atoms with Gasteiger partial charge in [0.05, 0.1) is 6.04 Å². The Kier molecular flexibility index (Phi) is 3.21. The average Bonchev–Trinajstić information content (AvgIpc) is 2.71. The van der Waals surface area contributed by atoms with E-state index in [0.29, 0.717) is 12.1 Å². The Morgan fingerprint density at radius 3 is 3.07 bits per heavy atom. The molecule has 0 radical (unpaired) electrons. The molecule has 1 aliphatic heterocycles. The smallest absolute Gasteiger partial charge is 0.0544 e. The lowest BCUT2D eigenvalue weighted by Crippen LogP contribution is -2.48. The van der Waals surface area contributed by atoms with Crippen LogP contribution in [0.15, 0.2) is 17.5 Å². The van der Waals surface area contributed by atoms with Gasteiger partial charge in [-0.3, -0.25) is 4.90 Å². The molecule has 2 rings (SSSR count). The van der Waals surface area contributed by atoms with Crippen LogP contribution in [0.1, 0.15) is 24.8 Å². The van der Waals surface area contributed by atoms with Crippen LogP contribution in [0.3, 0.4) is 0 Å². The van der Waals surface area contributed by atoms with Crippen molar-refractivity contribution in [1.29, 1.82) is 0 Å². The molecular weight excluding hydrogens is 192 g/mol. The van der Waals surface area contributed by atoms with Gasteiger partial charge >= 0.3 is 0 Å². The molecule has 1 atom stereocenters. The first-order chi connectivity index (χ1) is 6.77. The molecule has 3 heteroatoms. The molecule has 1 unspecified atom stereocenters. The molecule has 1 aromatic rings. The van der Waals surface area contributed by atoms with Crippen LogP contribution < -0.4 is 5.32 Å².